The summed E-state index contributed by atoms with van der Waals surface area (Å²) in [5.41, 5.74) is 2.76. The molecule has 0 saturated heterocycles. The van der Waals surface area contributed by atoms with Crippen molar-refractivity contribution in [2.24, 2.45) is 0 Å². The first kappa shape index (κ1) is 13.2. The molecule has 2 aromatic rings. The molecule has 0 heterocycles. The number of fused-ring (bicyclic) bond motifs is 1. The zero-order valence-corrected chi connectivity index (χ0v) is 11.9. The molecule has 3 rings (SSSR count). The molecular formula is C18H20O2. The molecule has 0 atom stereocenters. The first-order valence-electron chi connectivity index (χ1n) is 7.43. The molecule has 1 aliphatic carbocycles. The van der Waals surface area contributed by atoms with Gasteiger partial charge in [-0.2, -0.15) is 0 Å². The maximum absolute atomic E-state index is 11.6. The van der Waals surface area contributed by atoms with Crippen molar-refractivity contribution in [3.63, 3.8) is 0 Å². The fourth-order valence-corrected chi connectivity index (χ4v) is 3.47. The number of rotatable bonds is 2. The van der Waals surface area contributed by atoms with Gasteiger partial charge in [0.1, 0.15) is 0 Å². The van der Waals surface area contributed by atoms with Gasteiger partial charge in [-0.3, -0.25) is 0 Å². The van der Waals surface area contributed by atoms with Crippen LogP contribution in [-0.4, -0.2) is 11.1 Å². The van der Waals surface area contributed by atoms with Gasteiger partial charge in [0, 0.05) is 0 Å². The molecule has 0 bridgehead atoms. The molecule has 20 heavy (non-hydrogen) atoms. The minimum Gasteiger partial charge on any atom is -0.478 e. The van der Waals surface area contributed by atoms with Gasteiger partial charge in [0.15, 0.2) is 0 Å². The summed E-state index contributed by atoms with van der Waals surface area (Å²) >= 11 is 0. The van der Waals surface area contributed by atoms with Gasteiger partial charge in [-0.15, -0.1) is 0 Å². The number of carboxylic acids is 1. The third-order valence-corrected chi connectivity index (χ3v) is 4.46. The maximum atomic E-state index is 11.6. The highest BCUT2D eigenvalue weighted by Crippen LogP contribution is 2.38. The lowest BCUT2D eigenvalue weighted by Crippen LogP contribution is -2.11. The van der Waals surface area contributed by atoms with Crippen molar-refractivity contribution in [2.75, 3.05) is 0 Å². The van der Waals surface area contributed by atoms with Gasteiger partial charge in [-0.1, -0.05) is 49.1 Å². The summed E-state index contributed by atoms with van der Waals surface area (Å²) in [5, 5.41) is 11.8. The van der Waals surface area contributed by atoms with E-state index < -0.39 is 5.97 Å². The Labute approximate surface area is 119 Å². The number of hydrogen-bond donors (Lipinski definition) is 1. The van der Waals surface area contributed by atoms with E-state index in [1.54, 1.807) is 6.07 Å². The van der Waals surface area contributed by atoms with Crippen LogP contribution in [0.5, 0.6) is 0 Å². The summed E-state index contributed by atoms with van der Waals surface area (Å²) in [6, 6.07) is 10.1. The first-order chi connectivity index (χ1) is 9.66. The van der Waals surface area contributed by atoms with Crippen LogP contribution in [0.15, 0.2) is 30.3 Å². The molecule has 0 spiro atoms. The Hall–Kier alpha value is -1.83. The normalized spacial score (nSPS) is 16.4. The largest absolute Gasteiger partial charge is 0.478 e. The number of carboxylic acid groups (broad SMARTS) is 1. The smallest absolute Gasteiger partial charge is 0.335 e. The van der Waals surface area contributed by atoms with Crippen molar-refractivity contribution in [2.45, 2.75) is 44.9 Å². The lowest BCUT2D eigenvalue weighted by molar-refractivity contribution is 0.0695. The van der Waals surface area contributed by atoms with Crippen LogP contribution >= 0.6 is 0 Å². The fourth-order valence-electron chi connectivity index (χ4n) is 3.47. The van der Waals surface area contributed by atoms with Crippen LogP contribution in [0, 0.1) is 6.92 Å². The first-order valence-corrected chi connectivity index (χ1v) is 7.43. The van der Waals surface area contributed by atoms with Crippen molar-refractivity contribution < 1.29 is 9.90 Å². The number of benzene rings is 2. The van der Waals surface area contributed by atoms with Crippen LogP contribution in [0.4, 0.5) is 0 Å². The number of carbonyl (C=O) groups is 1. The maximum Gasteiger partial charge on any atom is 0.335 e. The van der Waals surface area contributed by atoms with E-state index in [4.69, 9.17) is 0 Å². The van der Waals surface area contributed by atoms with Crippen molar-refractivity contribution >= 4 is 16.7 Å². The quantitative estimate of drug-likeness (QED) is 0.841. The molecule has 0 aliphatic heterocycles. The van der Waals surface area contributed by atoms with Gasteiger partial charge in [-0.25, -0.2) is 4.79 Å². The predicted octanol–water partition coefficient (Wildman–Crippen LogP) is 4.89. The molecule has 0 aromatic heterocycles. The average molecular weight is 268 g/mol. The van der Waals surface area contributed by atoms with Crippen molar-refractivity contribution in [1.82, 2.24) is 0 Å². The highest BCUT2D eigenvalue weighted by molar-refractivity contribution is 5.98. The fraction of sp³-hybridized carbons (Fsp3) is 0.389. The van der Waals surface area contributed by atoms with E-state index in [1.165, 1.54) is 24.8 Å². The molecule has 0 radical (unpaired) electrons. The Morgan fingerprint density at radius 1 is 1.10 bits per heavy atom. The highest BCUT2D eigenvalue weighted by atomic mass is 16.4. The van der Waals surface area contributed by atoms with E-state index in [2.05, 4.69) is 25.1 Å². The monoisotopic (exact) mass is 268 g/mol. The molecule has 104 valence electrons. The van der Waals surface area contributed by atoms with Gasteiger partial charge in [0.25, 0.3) is 0 Å². The standard InChI is InChI=1S/C18H20O2/c1-12-7-8-13-9-10-15(18(19)20)17(16(13)11-12)14-5-3-2-4-6-14/h7-11,14H,2-6H2,1H3,(H,19,20). The second-order valence-corrected chi connectivity index (χ2v) is 5.89. The van der Waals surface area contributed by atoms with Crippen molar-refractivity contribution in [3.05, 3.63) is 47.0 Å². The van der Waals surface area contributed by atoms with Gasteiger partial charge in [0.05, 0.1) is 5.56 Å². The summed E-state index contributed by atoms with van der Waals surface area (Å²) in [6.07, 6.45) is 5.95. The molecule has 2 nitrogen and oxygen atoms in total. The number of aryl methyl sites for hydroxylation is 1. The molecule has 2 heteroatoms. The van der Waals surface area contributed by atoms with Crippen LogP contribution < -0.4 is 0 Å². The van der Waals surface area contributed by atoms with Gasteiger partial charge in [0.2, 0.25) is 0 Å². The molecule has 1 fully saturated rings. The van der Waals surface area contributed by atoms with E-state index in [0.717, 1.165) is 29.2 Å². The average Bonchev–Trinajstić information content (AvgIpc) is 2.46. The lowest BCUT2D eigenvalue weighted by atomic mass is 9.79. The van der Waals surface area contributed by atoms with Crippen LogP contribution in [0.2, 0.25) is 0 Å². The second kappa shape index (κ2) is 5.28. The van der Waals surface area contributed by atoms with E-state index in [1.807, 2.05) is 6.07 Å². The second-order valence-electron chi connectivity index (χ2n) is 5.89. The zero-order chi connectivity index (χ0) is 14.1. The molecular weight excluding hydrogens is 248 g/mol. The Bertz CT molecular complexity index is 652. The van der Waals surface area contributed by atoms with Gasteiger partial charge < -0.3 is 5.11 Å². The van der Waals surface area contributed by atoms with Crippen molar-refractivity contribution in [3.8, 4) is 0 Å². The van der Waals surface area contributed by atoms with E-state index in [9.17, 15) is 9.90 Å². The third-order valence-electron chi connectivity index (χ3n) is 4.46. The topological polar surface area (TPSA) is 37.3 Å². The molecule has 2 aromatic carbocycles. The molecule has 1 saturated carbocycles. The molecule has 0 unspecified atom stereocenters. The lowest BCUT2D eigenvalue weighted by Gasteiger charge is -2.25. The predicted molar refractivity (Wildman–Crippen MR) is 81.5 cm³/mol. The summed E-state index contributed by atoms with van der Waals surface area (Å²) < 4.78 is 0. The highest BCUT2D eigenvalue weighted by Gasteiger charge is 2.23. The SMILES string of the molecule is Cc1ccc2ccc(C(=O)O)c(C3CCCCC3)c2c1. The van der Waals surface area contributed by atoms with Gasteiger partial charge in [-0.05, 0) is 48.1 Å². The van der Waals surface area contributed by atoms with E-state index in [0.29, 0.717) is 11.5 Å². The van der Waals surface area contributed by atoms with Crippen molar-refractivity contribution in [1.29, 1.82) is 0 Å². The molecule has 0 amide bonds. The molecule has 1 aliphatic rings. The Morgan fingerprint density at radius 3 is 2.50 bits per heavy atom. The Kier molecular flexibility index (Phi) is 3.47. The summed E-state index contributed by atoms with van der Waals surface area (Å²) in [6.45, 7) is 2.07. The minimum absolute atomic E-state index is 0.403. The zero-order valence-electron chi connectivity index (χ0n) is 11.9. The minimum atomic E-state index is -0.797. The van der Waals surface area contributed by atoms with Crippen LogP contribution in [0.25, 0.3) is 10.8 Å². The van der Waals surface area contributed by atoms with Crippen LogP contribution in [-0.2, 0) is 0 Å². The molecule has 1 N–H and O–H groups in total. The Balaban J connectivity index is 2.25. The van der Waals surface area contributed by atoms with Crippen LogP contribution in [0.1, 0.15) is 59.5 Å². The third kappa shape index (κ3) is 2.31. The summed E-state index contributed by atoms with van der Waals surface area (Å²) in [4.78, 5) is 11.6. The summed E-state index contributed by atoms with van der Waals surface area (Å²) in [7, 11) is 0. The summed E-state index contributed by atoms with van der Waals surface area (Å²) in [5.74, 6) is -0.394. The van der Waals surface area contributed by atoms with E-state index in [-0.39, 0.29) is 0 Å². The van der Waals surface area contributed by atoms with Gasteiger partial charge >= 0.3 is 5.97 Å². The number of hydrogen-bond acceptors (Lipinski definition) is 1. The Morgan fingerprint density at radius 2 is 1.80 bits per heavy atom. The van der Waals surface area contributed by atoms with E-state index >= 15 is 0 Å². The number of aromatic carboxylic acids is 1. The van der Waals surface area contributed by atoms with Crippen LogP contribution in [0.3, 0.4) is 0 Å².